The minimum absolute atomic E-state index is 0.135. The molecule has 0 radical (unpaired) electrons. The third kappa shape index (κ3) is 3.80. The van der Waals surface area contributed by atoms with E-state index < -0.39 is 0 Å². The number of carbonyl (C=O) groups excluding carboxylic acids is 1. The summed E-state index contributed by atoms with van der Waals surface area (Å²) in [7, 11) is 3.21. The minimum Gasteiger partial charge on any atom is -0.493 e. The number of para-hydroxylation sites is 1. The van der Waals surface area contributed by atoms with Crippen molar-refractivity contribution >= 4 is 35.1 Å². The normalized spacial score (nSPS) is 16.6. The first-order valence-corrected chi connectivity index (χ1v) is 9.22. The van der Waals surface area contributed by atoms with Gasteiger partial charge in [-0.1, -0.05) is 29.8 Å². The molecule has 2 amide bonds. The molecule has 0 bridgehead atoms. The van der Waals surface area contributed by atoms with Crippen LogP contribution in [0.25, 0.3) is 0 Å². The van der Waals surface area contributed by atoms with Gasteiger partial charge in [-0.15, -0.1) is 11.8 Å². The zero-order valence-corrected chi connectivity index (χ0v) is 15.6. The molecule has 1 saturated heterocycles. The lowest BCUT2D eigenvalue weighted by molar-refractivity contribution is 0.213. The predicted molar refractivity (Wildman–Crippen MR) is 102 cm³/mol. The van der Waals surface area contributed by atoms with Gasteiger partial charge in [0.05, 0.1) is 14.2 Å². The van der Waals surface area contributed by atoms with Crippen molar-refractivity contribution in [2.24, 2.45) is 0 Å². The highest BCUT2D eigenvalue weighted by molar-refractivity contribution is 7.99. The molecule has 1 heterocycles. The van der Waals surface area contributed by atoms with Crippen LogP contribution >= 0.6 is 23.4 Å². The number of urea groups is 1. The number of anilines is 1. The lowest BCUT2D eigenvalue weighted by atomic mass is 10.1. The van der Waals surface area contributed by atoms with Crippen LogP contribution in [-0.4, -0.2) is 37.4 Å². The molecule has 2 aromatic carbocycles. The van der Waals surface area contributed by atoms with Gasteiger partial charge in [0, 0.05) is 28.6 Å². The van der Waals surface area contributed by atoms with Crippen LogP contribution < -0.4 is 14.8 Å². The summed E-state index contributed by atoms with van der Waals surface area (Å²) in [5.41, 5.74) is 1.59. The summed E-state index contributed by atoms with van der Waals surface area (Å²) in [4.78, 5) is 14.5. The predicted octanol–water partition coefficient (Wildman–Crippen LogP) is 4.64. The van der Waals surface area contributed by atoms with Gasteiger partial charge < -0.3 is 19.7 Å². The number of nitrogens with zero attached hydrogens (tertiary/aromatic N) is 1. The van der Waals surface area contributed by atoms with Gasteiger partial charge in [0.2, 0.25) is 0 Å². The molecule has 0 aromatic heterocycles. The summed E-state index contributed by atoms with van der Waals surface area (Å²) in [6.45, 7) is 0.655. The van der Waals surface area contributed by atoms with Gasteiger partial charge >= 0.3 is 6.03 Å². The number of hydrogen-bond donors (Lipinski definition) is 1. The standard InChI is InChI=1S/C18H19ClN2O3S/c1-23-15-8-4-7-14(16(15)24-2)17-21(9-10-25-17)18(22)20-13-6-3-5-12(19)11-13/h3-8,11,17H,9-10H2,1-2H3,(H,20,22)/t17-/m0/s1. The summed E-state index contributed by atoms with van der Waals surface area (Å²) < 4.78 is 10.9. The average molecular weight is 379 g/mol. The van der Waals surface area contributed by atoms with E-state index in [0.29, 0.717) is 28.8 Å². The number of amides is 2. The van der Waals surface area contributed by atoms with Gasteiger partial charge in [-0.25, -0.2) is 4.79 Å². The molecule has 2 aromatic rings. The molecular weight excluding hydrogens is 360 g/mol. The van der Waals surface area contributed by atoms with E-state index >= 15 is 0 Å². The molecule has 3 rings (SSSR count). The third-order valence-corrected chi connectivity index (χ3v) is 5.40. The van der Waals surface area contributed by atoms with Gasteiger partial charge in [0.25, 0.3) is 0 Å². The van der Waals surface area contributed by atoms with E-state index in [2.05, 4.69) is 5.32 Å². The first-order valence-electron chi connectivity index (χ1n) is 7.79. The molecule has 1 aliphatic rings. The van der Waals surface area contributed by atoms with Crippen molar-refractivity contribution in [3.8, 4) is 11.5 Å². The van der Waals surface area contributed by atoms with Crippen LogP contribution in [-0.2, 0) is 0 Å². The Labute approximate surface area is 156 Å². The van der Waals surface area contributed by atoms with Crippen molar-refractivity contribution in [3.05, 3.63) is 53.1 Å². The minimum atomic E-state index is -0.165. The first kappa shape index (κ1) is 17.8. The summed E-state index contributed by atoms with van der Waals surface area (Å²) in [5.74, 6) is 2.17. The van der Waals surface area contributed by atoms with E-state index in [9.17, 15) is 4.79 Å². The molecule has 1 N–H and O–H groups in total. The Morgan fingerprint density at radius 3 is 2.76 bits per heavy atom. The van der Waals surface area contributed by atoms with Crippen molar-refractivity contribution in [1.29, 1.82) is 0 Å². The number of benzene rings is 2. The number of methoxy groups -OCH3 is 2. The Morgan fingerprint density at radius 1 is 1.24 bits per heavy atom. The van der Waals surface area contributed by atoms with E-state index in [1.54, 1.807) is 49.1 Å². The second-order valence-electron chi connectivity index (χ2n) is 5.44. The van der Waals surface area contributed by atoms with E-state index in [1.165, 1.54) is 0 Å². The summed E-state index contributed by atoms with van der Waals surface area (Å²) >= 11 is 7.68. The smallest absolute Gasteiger partial charge is 0.323 e. The molecule has 1 aliphatic heterocycles. The molecule has 5 nitrogen and oxygen atoms in total. The fraction of sp³-hybridized carbons (Fsp3) is 0.278. The monoisotopic (exact) mass is 378 g/mol. The second-order valence-corrected chi connectivity index (χ2v) is 7.06. The largest absolute Gasteiger partial charge is 0.493 e. The number of halogens is 1. The van der Waals surface area contributed by atoms with Crippen molar-refractivity contribution in [3.63, 3.8) is 0 Å². The van der Waals surface area contributed by atoms with Crippen LogP contribution in [0, 0.1) is 0 Å². The van der Waals surface area contributed by atoms with Crippen molar-refractivity contribution < 1.29 is 14.3 Å². The number of hydrogen-bond acceptors (Lipinski definition) is 4. The van der Waals surface area contributed by atoms with Crippen LogP contribution in [0.2, 0.25) is 5.02 Å². The average Bonchev–Trinajstić information content (AvgIpc) is 3.10. The number of ether oxygens (including phenoxy) is 2. The van der Waals surface area contributed by atoms with Crippen LogP contribution in [0.15, 0.2) is 42.5 Å². The van der Waals surface area contributed by atoms with Gasteiger partial charge in [-0.2, -0.15) is 0 Å². The highest BCUT2D eigenvalue weighted by Crippen LogP contribution is 2.45. The molecule has 0 saturated carbocycles. The number of nitrogens with one attached hydrogen (secondary N) is 1. The van der Waals surface area contributed by atoms with Gasteiger partial charge in [-0.3, -0.25) is 0 Å². The fourth-order valence-electron chi connectivity index (χ4n) is 2.80. The maximum absolute atomic E-state index is 12.8. The lowest BCUT2D eigenvalue weighted by Crippen LogP contribution is -2.34. The first-order chi connectivity index (χ1) is 12.1. The SMILES string of the molecule is COc1cccc([C@@H]2SCCN2C(=O)Nc2cccc(Cl)c2)c1OC. The van der Waals surface area contributed by atoms with Crippen LogP contribution in [0.5, 0.6) is 11.5 Å². The van der Waals surface area contributed by atoms with E-state index in [0.717, 1.165) is 11.3 Å². The summed E-state index contributed by atoms with van der Waals surface area (Å²) in [5, 5.41) is 3.36. The fourth-order valence-corrected chi connectivity index (χ4v) is 4.27. The second kappa shape index (κ2) is 7.89. The lowest BCUT2D eigenvalue weighted by Gasteiger charge is -2.26. The molecular formula is C18H19ClN2O3S. The molecule has 1 atom stereocenters. The molecule has 1 fully saturated rings. The number of thioether (sulfide) groups is 1. The van der Waals surface area contributed by atoms with Gasteiger partial charge in [0.1, 0.15) is 5.37 Å². The molecule has 0 unspecified atom stereocenters. The maximum Gasteiger partial charge on any atom is 0.323 e. The van der Waals surface area contributed by atoms with Gasteiger partial charge in [0.15, 0.2) is 11.5 Å². The summed E-state index contributed by atoms with van der Waals surface area (Å²) in [6.07, 6.45) is 0. The molecule has 7 heteroatoms. The molecule has 0 spiro atoms. The number of carbonyl (C=O) groups is 1. The topological polar surface area (TPSA) is 50.8 Å². The Balaban J connectivity index is 1.84. The Kier molecular flexibility index (Phi) is 5.60. The van der Waals surface area contributed by atoms with Crippen molar-refractivity contribution in [2.45, 2.75) is 5.37 Å². The van der Waals surface area contributed by atoms with E-state index in [1.807, 2.05) is 24.3 Å². The van der Waals surface area contributed by atoms with E-state index in [4.69, 9.17) is 21.1 Å². The molecule has 25 heavy (non-hydrogen) atoms. The summed E-state index contributed by atoms with van der Waals surface area (Å²) in [6, 6.07) is 12.7. The Bertz CT molecular complexity index is 772. The quantitative estimate of drug-likeness (QED) is 0.842. The van der Waals surface area contributed by atoms with Crippen LogP contribution in [0.1, 0.15) is 10.9 Å². The van der Waals surface area contributed by atoms with Crippen molar-refractivity contribution in [1.82, 2.24) is 4.90 Å². The zero-order valence-electron chi connectivity index (χ0n) is 14.0. The third-order valence-electron chi connectivity index (χ3n) is 3.93. The highest BCUT2D eigenvalue weighted by Gasteiger charge is 2.33. The Morgan fingerprint density at radius 2 is 2.04 bits per heavy atom. The van der Waals surface area contributed by atoms with Crippen LogP contribution in [0.3, 0.4) is 0 Å². The van der Waals surface area contributed by atoms with Gasteiger partial charge in [-0.05, 0) is 24.3 Å². The van der Waals surface area contributed by atoms with Crippen molar-refractivity contribution in [2.75, 3.05) is 31.8 Å². The zero-order chi connectivity index (χ0) is 17.8. The van der Waals surface area contributed by atoms with E-state index in [-0.39, 0.29) is 11.4 Å². The number of rotatable bonds is 4. The molecule has 0 aliphatic carbocycles. The molecule has 132 valence electrons. The highest BCUT2D eigenvalue weighted by atomic mass is 35.5. The Hall–Kier alpha value is -2.05. The van der Waals surface area contributed by atoms with Crippen LogP contribution in [0.4, 0.5) is 10.5 Å². The maximum atomic E-state index is 12.8.